The van der Waals surface area contributed by atoms with Gasteiger partial charge < -0.3 is 15.7 Å². The molecule has 0 unspecified atom stereocenters. The molecule has 20 heavy (non-hydrogen) atoms. The molecule has 0 aromatic heterocycles. The van der Waals surface area contributed by atoms with Crippen LogP contribution in [-0.2, 0) is 4.79 Å². The lowest BCUT2D eigenvalue weighted by molar-refractivity contribution is -0.143. The second-order valence-corrected chi connectivity index (χ2v) is 6.64. The average Bonchev–Trinajstić information content (AvgIpc) is 2.43. The Balaban J connectivity index is 2.18. The first kappa shape index (κ1) is 16.8. The summed E-state index contributed by atoms with van der Waals surface area (Å²) in [5.74, 6) is -0.461. The minimum atomic E-state index is -0.684. The second-order valence-electron chi connectivity index (χ2n) is 6.64. The third kappa shape index (κ3) is 5.80. The summed E-state index contributed by atoms with van der Waals surface area (Å²) in [6, 6.07) is -0.119. The number of carbonyl (C=O) groups excluding carboxylic acids is 1. The van der Waals surface area contributed by atoms with E-state index in [9.17, 15) is 9.59 Å². The quantitative estimate of drug-likeness (QED) is 0.701. The molecule has 0 aromatic carbocycles. The van der Waals surface area contributed by atoms with Crippen molar-refractivity contribution in [3.63, 3.8) is 0 Å². The Morgan fingerprint density at radius 2 is 1.75 bits per heavy atom. The van der Waals surface area contributed by atoms with Crippen LogP contribution in [0.4, 0.5) is 4.79 Å². The summed E-state index contributed by atoms with van der Waals surface area (Å²) in [7, 11) is 0. The standard InChI is InChI=1S/C15H28N2O3/c1-4-15(2,3)10-17-14(20)16-9-11-5-7-12(8-6-11)13(18)19/h11-12H,4-10H2,1-3H3,(H,18,19)(H2,16,17,20). The third-order valence-electron chi connectivity index (χ3n) is 4.43. The van der Waals surface area contributed by atoms with Gasteiger partial charge in [-0.25, -0.2) is 4.79 Å². The van der Waals surface area contributed by atoms with Crippen LogP contribution in [-0.4, -0.2) is 30.2 Å². The van der Waals surface area contributed by atoms with Gasteiger partial charge in [0, 0.05) is 13.1 Å². The Labute approximate surface area is 121 Å². The maximum atomic E-state index is 11.7. The molecule has 1 saturated carbocycles. The zero-order valence-corrected chi connectivity index (χ0v) is 12.9. The average molecular weight is 284 g/mol. The van der Waals surface area contributed by atoms with Crippen molar-refractivity contribution in [1.29, 1.82) is 0 Å². The Morgan fingerprint density at radius 3 is 2.25 bits per heavy atom. The molecule has 116 valence electrons. The molecule has 1 rings (SSSR count). The molecule has 1 aliphatic rings. The van der Waals surface area contributed by atoms with Crippen LogP contribution in [0.25, 0.3) is 0 Å². The highest BCUT2D eigenvalue weighted by molar-refractivity contribution is 5.73. The lowest BCUT2D eigenvalue weighted by Gasteiger charge is -2.27. The predicted molar refractivity (Wildman–Crippen MR) is 78.6 cm³/mol. The Morgan fingerprint density at radius 1 is 1.15 bits per heavy atom. The molecular formula is C15H28N2O3. The molecule has 0 heterocycles. The number of carbonyl (C=O) groups is 2. The van der Waals surface area contributed by atoms with Gasteiger partial charge in [0.2, 0.25) is 0 Å². The minimum Gasteiger partial charge on any atom is -0.481 e. The summed E-state index contributed by atoms with van der Waals surface area (Å²) >= 11 is 0. The molecule has 0 radical (unpaired) electrons. The number of aliphatic carboxylic acids is 1. The van der Waals surface area contributed by atoms with E-state index < -0.39 is 5.97 Å². The molecule has 1 aliphatic carbocycles. The van der Waals surface area contributed by atoms with Gasteiger partial charge >= 0.3 is 12.0 Å². The van der Waals surface area contributed by atoms with Gasteiger partial charge in [-0.3, -0.25) is 4.79 Å². The summed E-state index contributed by atoms with van der Waals surface area (Å²) < 4.78 is 0. The van der Waals surface area contributed by atoms with E-state index in [-0.39, 0.29) is 17.4 Å². The Bertz CT molecular complexity index is 334. The van der Waals surface area contributed by atoms with Gasteiger partial charge in [0.05, 0.1) is 5.92 Å². The number of rotatable bonds is 6. The fourth-order valence-electron chi connectivity index (χ4n) is 2.36. The van der Waals surface area contributed by atoms with Crippen LogP contribution in [0.1, 0.15) is 52.9 Å². The first-order valence-corrected chi connectivity index (χ1v) is 7.58. The molecule has 3 N–H and O–H groups in total. The van der Waals surface area contributed by atoms with Crippen molar-refractivity contribution >= 4 is 12.0 Å². The van der Waals surface area contributed by atoms with Gasteiger partial charge in [0.25, 0.3) is 0 Å². The van der Waals surface area contributed by atoms with E-state index in [2.05, 4.69) is 31.4 Å². The van der Waals surface area contributed by atoms with Crippen molar-refractivity contribution in [3.8, 4) is 0 Å². The highest BCUT2D eigenvalue weighted by Crippen LogP contribution is 2.28. The van der Waals surface area contributed by atoms with Crippen molar-refractivity contribution in [2.45, 2.75) is 52.9 Å². The van der Waals surface area contributed by atoms with Crippen molar-refractivity contribution in [2.24, 2.45) is 17.3 Å². The lowest BCUT2D eigenvalue weighted by atomic mass is 9.82. The number of urea groups is 1. The van der Waals surface area contributed by atoms with Gasteiger partial charge in [-0.15, -0.1) is 0 Å². The summed E-state index contributed by atoms with van der Waals surface area (Å²) in [4.78, 5) is 22.6. The summed E-state index contributed by atoms with van der Waals surface area (Å²) in [6.45, 7) is 7.67. The van der Waals surface area contributed by atoms with Crippen molar-refractivity contribution < 1.29 is 14.7 Å². The summed E-state index contributed by atoms with van der Waals surface area (Å²) in [6.07, 6.45) is 4.25. The van der Waals surface area contributed by atoms with E-state index in [1.165, 1.54) is 0 Å². The molecule has 0 aliphatic heterocycles. The van der Waals surface area contributed by atoms with Gasteiger partial charge in [0.15, 0.2) is 0 Å². The topological polar surface area (TPSA) is 78.4 Å². The maximum Gasteiger partial charge on any atom is 0.314 e. The summed E-state index contributed by atoms with van der Waals surface area (Å²) in [5.41, 5.74) is 0.122. The normalized spacial score (nSPS) is 23.1. The molecule has 2 amide bonds. The van der Waals surface area contributed by atoms with E-state index >= 15 is 0 Å². The van der Waals surface area contributed by atoms with Crippen molar-refractivity contribution in [3.05, 3.63) is 0 Å². The second kappa shape index (κ2) is 7.50. The smallest absolute Gasteiger partial charge is 0.314 e. The van der Waals surface area contributed by atoms with E-state index in [4.69, 9.17) is 5.11 Å². The molecular weight excluding hydrogens is 256 g/mol. The Hall–Kier alpha value is -1.26. The molecule has 5 heteroatoms. The van der Waals surface area contributed by atoms with Crippen LogP contribution in [0.3, 0.4) is 0 Å². The lowest BCUT2D eigenvalue weighted by Crippen LogP contribution is -2.42. The number of hydrogen-bond acceptors (Lipinski definition) is 2. The monoisotopic (exact) mass is 284 g/mol. The third-order valence-corrected chi connectivity index (χ3v) is 4.43. The van der Waals surface area contributed by atoms with Crippen LogP contribution in [0.2, 0.25) is 0 Å². The zero-order valence-electron chi connectivity index (χ0n) is 12.9. The minimum absolute atomic E-state index is 0.119. The number of nitrogens with one attached hydrogen (secondary N) is 2. The number of carboxylic acids is 1. The largest absolute Gasteiger partial charge is 0.481 e. The zero-order chi connectivity index (χ0) is 15.2. The molecule has 0 atom stereocenters. The number of carboxylic acid groups (broad SMARTS) is 1. The maximum absolute atomic E-state index is 11.7. The molecule has 1 fully saturated rings. The fourth-order valence-corrected chi connectivity index (χ4v) is 2.36. The highest BCUT2D eigenvalue weighted by atomic mass is 16.4. The van der Waals surface area contributed by atoms with Crippen LogP contribution < -0.4 is 10.6 Å². The van der Waals surface area contributed by atoms with Crippen molar-refractivity contribution in [1.82, 2.24) is 10.6 Å². The fraction of sp³-hybridized carbons (Fsp3) is 0.867. The molecule has 0 spiro atoms. The summed E-state index contributed by atoms with van der Waals surface area (Å²) in [5, 5.41) is 14.7. The van der Waals surface area contributed by atoms with E-state index in [1.807, 2.05) is 0 Å². The number of hydrogen-bond donors (Lipinski definition) is 3. The predicted octanol–water partition coefficient (Wildman–Crippen LogP) is 2.61. The first-order chi connectivity index (χ1) is 9.34. The number of amides is 2. The Kier molecular flexibility index (Phi) is 6.30. The first-order valence-electron chi connectivity index (χ1n) is 7.58. The van der Waals surface area contributed by atoms with Gasteiger partial charge in [0.1, 0.15) is 0 Å². The molecule has 0 bridgehead atoms. The molecule has 0 saturated heterocycles. The van der Waals surface area contributed by atoms with Crippen LogP contribution in [0, 0.1) is 17.3 Å². The van der Waals surface area contributed by atoms with Crippen LogP contribution in [0.5, 0.6) is 0 Å². The van der Waals surface area contributed by atoms with Gasteiger partial charge in [-0.2, -0.15) is 0 Å². The van der Waals surface area contributed by atoms with Crippen LogP contribution >= 0.6 is 0 Å². The van der Waals surface area contributed by atoms with Crippen molar-refractivity contribution in [2.75, 3.05) is 13.1 Å². The van der Waals surface area contributed by atoms with E-state index in [1.54, 1.807) is 0 Å². The van der Waals surface area contributed by atoms with Crippen LogP contribution in [0.15, 0.2) is 0 Å². The molecule has 0 aromatic rings. The molecule has 5 nitrogen and oxygen atoms in total. The highest BCUT2D eigenvalue weighted by Gasteiger charge is 2.26. The van der Waals surface area contributed by atoms with E-state index in [0.29, 0.717) is 19.0 Å². The van der Waals surface area contributed by atoms with E-state index in [0.717, 1.165) is 32.1 Å². The van der Waals surface area contributed by atoms with Gasteiger partial charge in [-0.1, -0.05) is 20.8 Å². The SMILES string of the molecule is CCC(C)(C)CNC(=O)NCC1CCC(C(=O)O)CC1. The van der Waals surface area contributed by atoms with Gasteiger partial charge in [-0.05, 0) is 43.4 Å².